The number of rotatable bonds is 4. The zero-order valence-electron chi connectivity index (χ0n) is 10.9. The van der Waals surface area contributed by atoms with Crippen molar-refractivity contribution in [3.63, 3.8) is 0 Å². The van der Waals surface area contributed by atoms with Crippen LogP contribution < -0.4 is 5.73 Å². The van der Waals surface area contributed by atoms with E-state index in [1.54, 1.807) is 0 Å². The van der Waals surface area contributed by atoms with Crippen LogP contribution in [0.4, 0.5) is 0 Å². The average Bonchev–Trinajstić information content (AvgIpc) is 2.39. The van der Waals surface area contributed by atoms with Crippen LogP contribution >= 0.6 is 23.4 Å². The fourth-order valence-corrected chi connectivity index (χ4v) is 4.04. The number of nitrogens with two attached hydrogens (primary N) is 1. The van der Waals surface area contributed by atoms with Gasteiger partial charge in [0.1, 0.15) is 0 Å². The highest BCUT2D eigenvalue weighted by molar-refractivity contribution is 7.99. The first-order chi connectivity index (χ1) is 8.66. The summed E-state index contributed by atoms with van der Waals surface area (Å²) in [5, 5.41) is 0.807. The predicted octanol–water partition coefficient (Wildman–Crippen LogP) is 3.00. The highest BCUT2D eigenvalue weighted by Gasteiger charge is 2.34. The smallest absolute Gasteiger partial charge is 0.0409 e. The van der Waals surface area contributed by atoms with Crippen molar-refractivity contribution in [2.75, 3.05) is 25.1 Å². The van der Waals surface area contributed by atoms with Gasteiger partial charge in [0, 0.05) is 23.7 Å². The zero-order chi connectivity index (χ0) is 13.0. The molecular formula is C14H21ClN2S. The second-order valence-electron chi connectivity index (χ2n) is 5.03. The summed E-state index contributed by atoms with van der Waals surface area (Å²) in [5.41, 5.74) is 7.48. The van der Waals surface area contributed by atoms with Gasteiger partial charge in [0.2, 0.25) is 0 Å². The summed E-state index contributed by atoms with van der Waals surface area (Å²) < 4.78 is 0. The molecule has 1 fully saturated rings. The normalized spacial score (nSPS) is 19.1. The molecule has 100 valence electrons. The molecule has 2 nitrogen and oxygen atoms in total. The number of hydrogen-bond donors (Lipinski definition) is 1. The minimum absolute atomic E-state index is 0.174. The van der Waals surface area contributed by atoms with Gasteiger partial charge in [-0.25, -0.2) is 0 Å². The molecule has 1 saturated heterocycles. The molecule has 2 rings (SSSR count). The lowest BCUT2D eigenvalue weighted by Gasteiger charge is -2.44. The van der Waals surface area contributed by atoms with Crippen molar-refractivity contribution in [3.8, 4) is 0 Å². The maximum atomic E-state index is 6.05. The third-order valence-electron chi connectivity index (χ3n) is 3.92. The van der Waals surface area contributed by atoms with Crippen molar-refractivity contribution in [3.05, 3.63) is 34.9 Å². The molecule has 2 N–H and O–H groups in total. The molecule has 0 aromatic heterocycles. The molecule has 0 aliphatic carbocycles. The van der Waals surface area contributed by atoms with Gasteiger partial charge in [0.15, 0.2) is 0 Å². The lowest BCUT2D eigenvalue weighted by Crippen LogP contribution is -2.53. The van der Waals surface area contributed by atoms with E-state index >= 15 is 0 Å². The first kappa shape index (κ1) is 14.2. The van der Waals surface area contributed by atoms with Gasteiger partial charge in [-0.3, -0.25) is 4.90 Å². The summed E-state index contributed by atoms with van der Waals surface area (Å²) in [6.45, 7) is 1.66. The maximum absolute atomic E-state index is 6.05. The van der Waals surface area contributed by atoms with Crippen LogP contribution in [-0.2, 0) is 6.54 Å². The fourth-order valence-electron chi connectivity index (χ4n) is 2.57. The van der Waals surface area contributed by atoms with E-state index in [1.807, 2.05) is 30.0 Å². The molecule has 0 spiro atoms. The lowest BCUT2D eigenvalue weighted by atomic mass is 9.90. The van der Waals surface area contributed by atoms with Crippen LogP contribution in [0.25, 0.3) is 0 Å². The first-order valence-electron chi connectivity index (χ1n) is 6.40. The van der Waals surface area contributed by atoms with E-state index in [1.165, 1.54) is 29.9 Å². The van der Waals surface area contributed by atoms with Crippen molar-refractivity contribution in [1.29, 1.82) is 0 Å². The zero-order valence-corrected chi connectivity index (χ0v) is 12.4. The second kappa shape index (κ2) is 6.29. The Hall–Kier alpha value is -0.220. The van der Waals surface area contributed by atoms with Gasteiger partial charge in [0.05, 0.1) is 0 Å². The summed E-state index contributed by atoms with van der Waals surface area (Å²) in [4.78, 5) is 2.42. The molecule has 1 heterocycles. The lowest BCUT2D eigenvalue weighted by molar-refractivity contribution is 0.107. The quantitative estimate of drug-likeness (QED) is 0.922. The topological polar surface area (TPSA) is 29.3 Å². The molecule has 18 heavy (non-hydrogen) atoms. The summed E-state index contributed by atoms with van der Waals surface area (Å²) in [7, 11) is 2.18. The van der Waals surface area contributed by atoms with Crippen LogP contribution in [0.15, 0.2) is 24.3 Å². The molecule has 4 heteroatoms. The minimum Gasteiger partial charge on any atom is -0.329 e. The summed E-state index contributed by atoms with van der Waals surface area (Å²) in [6, 6.07) is 8.10. The van der Waals surface area contributed by atoms with Crippen molar-refractivity contribution >= 4 is 23.4 Å². The Labute approximate surface area is 119 Å². The standard InChI is InChI=1S/C14H21ClN2S/c1-17(10-12-3-2-4-13(15)9-12)14(11-16)5-7-18-8-6-14/h2-4,9H,5-8,10-11,16H2,1H3. The minimum atomic E-state index is 0.174. The Morgan fingerprint density at radius 3 is 2.72 bits per heavy atom. The molecule has 0 amide bonds. The molecule has 1 aromatic carbocycles. The maximum Gasteiger partial charge on any atom is 0.0409 e. The molecule has 0 saturated carbocycles. The summed E-state index contributed by atoms with van der Waals surface area (Å²) in [5.74, 6) is 2.44. The number of hydrogen-bond acceptors (Lipinski definition) is 3. The Morgan fingerprint density at radius 2 is 2.11 bits per heavy atom. The second-order valence-corrected chi connectivity index (χ2v) is 6.69. The van der Waals surface area contributed by atoms with Gasteiger partial charge >= 0.3 is 0 Å². The number of likely N-dealkylation sites (N-methyl/N-ethyl adjacent to an activating group) is 1. The van der Waals surface area contributed by atoms with E-state index in [0.29, 0.717) is 0 Å². The highest BCUT2D eigenvalue weighted by Crippen LogP contribution is 2.32. The fraction of sp³-hybridized carbons (Fsp3) is 0.571. The van der Waals surface area contributed by atoms with Crippen LogP contribution in [0.2, 0.25) is 5.02 Å². The molecule has 1 aliphatic heterocycles. The SMILES string of the molecule is CN(Cc1cccc(Cl)c1)C1(CN)CCSCC1. The van der Waals surface area contributed by atoms with E-state index in [2.05, 4.69) is 18.0 Å². The molecule has 1 aromatic rings. The Bertz CT molecular complexity index is 391. The summed E-state index contributed by atoms with van der Waals surface area (Å²) >= 11 is 8.07. The van der Waals surface area contributed by atoms with Crippen LogP contribution in [0.5, 0.6) is 0 Å². The van der Waals surface area contributed by atoms with Gasteiger partial charge in [-0.2, -0.15) is 11.8 Å². The Kier molecular flexibility index (Phi) is 4.96. The molecule has 0 atom stereocenters. The number of halogens is 1. The predicted molar refractivity (Wildman–Crippen MR) is 81.3 cm³/mol. The van der Waals surface area contributed by atoms with E-state index < -0.39 is 0 Å². The number of benzene rings is 1. The average molecular weight is 285 g/mol. The van der Waals surface area contributed by atoms with Crippen molar-refractivity contribution in [2.24, 2.45) is 5.73 Å². The number of thioether (sulfide) groups is 1. The molecular weight excluding hydrogens is 264 g/mol. The van der Waals surface area contributed by atoms with Gasteiger partial charge in [-0.1, -0.05) is 23.7 Å². The van der Waals surface area contributed by atoms with Gasteiger partial charge in [0.25, 0.3) is 0 Å². The first-order valence-corrected chi connectivity index (χ1v) is 7.93. The Balaban J connectivity index is 2.07. The summed E-state index contributed by atoms with van der Waals surface area (Å²) in [6.07, 6.45) is 2.37. The molecule has 1 aliphatic rings. The largest absolute Gasteiger partial charge is 0.329 e. The monoisotopic (exact) mass is 284 g/mol. The van der Waals surface area contributed by atoms with E-state index in [4.69, 9.17) is 17.3 Å². The molecule has 0 bridgehead atoms. The van der Waals surface area contributed by atoms with Crippen molar-refractivity contribution in [1.82, 2.24) is 4.90 Å². The van der Waals surface area contributed by atoms with Gasteiger partial charge in [-0.15, -0.1) is 0 Å². The van der Waals surface area contributed by atoms with Gasteiger partial charge in [-0.05, 0) is 49.1 Å². The van der Waals surface area contributed by atoms with E-state index in [-0.39, 0.29) is 5.54 Å². The highest BCUT2D eigenvalue weighted by atomic mass is 35.5. The van der Waals surface area contributed by atoms with Crippen LogP contribution in [-0.4, -0.2) is 35.5 Å². The van der Waals surface area contributed by atoms with E-state index in [9.17, 15) is 0 Å². The third-order valence-corrected chi connectivity index (χ3v) is 5.14. The van der Waals surface area contributed by atoms with E-state index in [0.717, 1.165) is 18.1 Å². The third kappa shape index (κ3) is 3.21. The number of nitrogens with zero attached hydrogens (tertiary/aromatic N) is 1. The molecule has 0 unspecified atom stereocenters. The van der Waals surface area contributed by atoms with Crippen LogP contribution in [0.3, 0.4) is 0 Å². The van der Waals surface area contributed by atoms with Crippen LogP contribution in [0.1, 0.15) is 18.4 Å². The van der Waals surface area contributed by atoms with Crippen molar-refractivity contribution < 1.29 is 0 Å². The molecule has 0 radical (unpaired) electrons. The Morgan fingerprint density at radius 1 is 1.39 bits per heavy atom. The van der Waals surface area contributed by atoms with Gasteiger partial charge < -0.3 is 5.73 Å². The van der Waals surface area contributed by atoms with Crippen LogP contribution in [0, 0.1) is 0 Å². The van der Waals surface area contributed by atoms with Crippen molar-refractivity contribution in [2.45, 2.75) is 24.9 Å².